The minimum absolute atomic E-state index is 0.202. The van der Waals surface area contributed by atoms with Crippen LogP contribution in [0.3, 0.4) is 0 Å². The molecule has 36 heavy (non-hydrogen) atoms. The average Bonchev–Trinajstić information content (AvgIpc) is 3.58. The van der Waals surface area contributed by atoms with Gasteiger partial charge in [0.25, 0.3) is 0 Å². The first-order valence-corrected chi connectivity index (χ1v) is 12.8. The SMILES string of the molecule is Cc1ccc(-c2nn3c(-c4ccco4)nnc3c3ccccc23)cc1S(=O)(=O)NCc1ccccc1. The summed E-state index contributed by atoms with van der Waals surface area (Å²) in [4.78, 5) is 0.205. The molecule has 6 aromatic rings. The lowest BCUT2D eigenvalue weighted by atomic mass is 10.0. The topological polar surface area (TPSA) is 102 Å². The van der Waals surface area contributed by atoms with Crippen LogP contribution >= 0.6 is 0 Å². The molecule has 1 N–H and O–H groups in total. The second-order valence-electron chi connectivity index (χ2n) is 8.42. The third-order valence-corrected chi connectivity index (χ3v) is 7.61. The van der Waals surface area contributed by atoms with Crippen molar-refractivity contribution in [3.05, 3.63) is 102 Å². The lowest BCUT2D eigenvalue weighted by molar-refractivity contribution is 0.574. The van der Waals surface area contributed by atoms with Gasteiger partial charge in [0.15, 0.2) is 11.4 Å². The van der Waals surface area contributed by atoms with Crippen LogP contribution in [0.4, 0.5) is 0 Å². The van der Waals surface area contributed by atoms with E-state index in [1.54, 1.807) is 42.0 Å². The molecule has 0 atom stereocenters. The van der Waals surface area contributed by atoms with E-state index in [1.165, 1.54) is 0 Å². The zero-order valence-corrected chi connectivity index (χ0v) is 20.1. The molecule has 178 valence electrons. The van der Waals surface area contributed by atoms with Crippen molar-refractivity contribution in [1.82, 2.24) is 24.5 Å². The number of rotatable bonds is 6. The molecular formula is C27H21N5O3S. The first-order valence-electron chi connectivity index (χ1n) is 11.3. The highest BCUT2D eigenvalue weighted by atomic mass is 32.2. The third-order valence-electron chi connectivity index (χ3n) is 6.07. The lowest BCUT2D eigenvalue weighted by Gasteiger charge is -2.13. The van der Waals surface area contributed by atoms with Gasteiger partial charge in [-0.1, -0.05) is 66.7 Å². The number of hydrogen-bond acceptors (Lipinski definition) is 6. The summed E-state index contributed by atoms with van der Waals surface area (Å²) < 4.78 is 36.5. The zero-order valence-electron chi connectivity index (χ0n) is 19.3. The van der Waals surface area contributed by atoms with Gasteiger partial charge in [0.2, 0.25) is 15.8 Å². The Morgan fingerprint density at radius 1 is 0.889 bits per heavy atom. The molecule has 3 aromatic carbocycles. The Hall–Kier alpha value is -4.34. The van der Waals surface area contributed by atoms with Crippen molar-refractivity contribution in [2.75, 3.05) is 0 Å². The summed E-state index contributed by atoms with van der Waals surface area (Å²) in [6.45, 7) is 1.98. The van der Waals surface area contributed by atoms with E-state index < -0.39 is 10.0 Å². The first kappa shape index (κ1) is 22.1. The van der Waals surface area contributed by atoms with Crippen LogP contribution in [0.1, 0.15) is 11.1 Å². The number of furan rings is 1. The highest BCUT2D eigenvalue weighted by Crippen LogP contribution is 2.32. The van der Waals surface area contributed by atoms with Crippen LogP contribution in [-0.2, 0) is 16.6 Å². The average molecular weight is 496 g/mol. The van der Waals surface area contributed by atoms with Crippen LogP contribution in [-0.4, -0.2) is 28.2 Å². The third kappa shape index (κ3) is 3.84. The summed E-state index contributed by atoms with van der Waals surface area (Å²) in [5, 5.41) is 15.2. The molecule has 3 aromatic heterocycles. The predicted molar refractivity (Wildman–Crippen MR) is 137 cm³/mol. The van der Waals surface area contributed by atoms with Crippen LogP contribution in [0.25, 0.3) is 39.3 Å². The first-order chi connectivity index (χ1) is 17.5. The summed E-state index contributed by atoms with van der Waals surface area (Å²) in [7, 11) is -3.77. The Balaban J connectivity index is 1.49. The van der Waals surface area contributed by atoms with Gasteiger partial charge in [0.1, 0.15) is 0 Å². The minimum atomic E-state index is -3.77. The molecule has 0 aliphatic heterocycles. The Kier molecular flexibility index (Phi) is 5.36. The van der Waals surface area contributed by atoms with Gasteiger partial charge in [0, 0.05) is 22.9 Å². The Labute approximate surface area is 207 Å². The number of nitrogens with one attached hydrogen (secondary N) is 1. The standard InChI is InChI=1S/C27H21N5O3S/c1-18-13-14-20(16-24(18)36(33,34)28-17-19-8-3-2-4-9-19)25-21-10-5-6-11-22(21)26-29-30-27(32(26)31-25)23-12-7-15-35-23/h2-16,28H,17H2,1H3. The molecule has 0 bridgehead atoms. The van der Waals surface area contributed by atoms with E-state index in [-0.39, 0.29) is 11.4 Å². The Morgan fingerprint density at radius 3 is 2.44 bits per heavy atom. The van der Waals surface area contributed by atoms with E-state index in [9.17, 15) is 8.42 Å². The monoisotopic (exact) mass is 495 g/mol. The van der Waals surface area contributed by atoms with Gasteiger partial charge in [0.05, 0.1) is 16.9 Å². The maximum atomic E-state index is 13.3. The summed E-state index contributed by atoms with van der Waals surface area (Å²) in [6.07, 6.45) is 1.57. The molecule has 8 nitrogen and oxygen atoms in total. The minimum Gasteiger partial charge on any atom is -0.461 e. The summed E-state index contributed by atoms with van der Waals surface area (Å²) in [6, 6.07) is 26.1. The van der Waals surface area contributed by atoms with Gasteiger partial charge >= 0.3 is 0 Å². The number of fused-ring (bicyclic) bond motifs is 3. The molecule has 0 aliphatic rings. The zero-order chi connectivity index (χ0) is 24.7. The molecule has 0 saturated carbocycles. The van der Waals surface area contributed by atoms with E-state index in [0.717, 1.165) is 16.3 Å². The number of hydrogen-bond donors (Lipinski definition) is 1. The molecule has 9 heteroatoms. The number of sulfonamides is 1. The van der Waals surface area contributed by atoms with Crippen LogP contribution in [0.5, 0.6) is 0 Å². The van der Waals surface area contributed by atoms with E-state index in [4.69, 9.17) is 9.52 Å². The molecular weight excluding hydrogens is 474 g/mol. The van der Waals surface area contributed by atoms with Crippen molar-refractivity contribution in [2.45, 2.75) is 18.4 Å². The number of benzene rings is 3. The largest absolute Gasteiger partial charge is 0.461 e. The Bertz CT molecular complexity index is 1810. The van der Waals surface area contributed by atoms with Crippen LogP contribution in [0.15, 0.2) is 101 Å². The molecule has 0 spiro atoms. The van der Waals surface area contributed by atoms with Crippen molar-refractivity contribution >= 4 is 26.4 Å². The van der Waals surface area contributed by atoms with Crippen molar-refractivity contribution in [2.24, 2.45) is 0 Å². The van der Waals surface area contributed by atoms with Gasteiger partial charge in [-0.05, 0) is 36.2 Å². The highest BCUT2D eigenvalue weighted by molar-refractivity contribution is 7.89. The van der Waals surface area contributed by atoms with Crippen molar-refractivity contribution in [1.29, 1.82) is 0 Å². The second-order valence-corrected chi connectivity index (χ2v) is 10.2. The van der Waals surface area contributed by atoms with Crippen LogP contribution in [0.2, 0.25) is 0 Å². The quantitative estimate of drug-likeness (QED) is 0.349. The fourth-order valence-corrected chi connectivity index (χ4v) is 5.53. The lowest BCUT2D eigenvalue weighted by Crippen LogP contribution is -2.24. The fourth-order valence-electron chi connectivity index (χ4n) is 4.24. The maximum absolute atomic E-state index is 13.3. The fraction of sp³-hybridized carbons (Fsp3) is 0.0741. The molecule has 6 rings (SSSR count). The van der Waals surface area contributed by atoms with Crippen molar-refractivity contribution in [3.63, 3.8) is 0 Å². The van der Waals surface area contributed by atoms with Gasteiger partial charge < -0.3 is 4.42 Å². The number of nitrogens with zero attached hydrogens (tertiary/aromatic N) is 4. The van der Waals surface area contributed by atoms with Gasteiger partial charge in [-0.25, -0.2) is 13.1 Å². The van der Waals surface area contributed by atoms with Gasteiger partial charge in [-0.2, -0.15) is 9.61 Å². The smallest absolute Gasteiger partial charge is 0.241 e. The van der Waals surface area contributed by atoms with E-state index >= 15 is 0 Å². The molecule has 0 saturated heterocycles. The van der Waals surface area contributed by atoms with Gasteiger partial charge in [-0.3, -0.25) is 0 Å². The predicted octanol–water partition coefficient (Wildman–Crippen LogP) is 4.99. The van der Waals surface area contributed by atoms with E-state index in [2.05, 4.69) is 14.9 Å². The molecule has 0 fully saturated rings. The highest BCUT2D eigenvalue weighted by Gasteiger charge is 2.21. The van der Waals surface area contributed by atoms with Crippen LogP contribution < -0.4 is 4.72 Å². The van der Waals surface area contributed by atoms with E-state index in [0.29, 0.717) is 34.1 Å². The number of aromatic nitrogens is 4. The van der Waals surface area contributed by atoms with Gasteiger partial charge in [-0.15, -0.1) is 10.2 Å². The maximum Gasteiger partial charge on any atom is 0.241 e. The molecule has 3 heterocycles. The van der Waals surface area contributed by atoms with E-state index in [1.807, 2.05) is 60.7 Å². The summed E-state index contributed by atoms with van der Waals surface area (Å²) >= 11 is 0. The summed E-state index contributed by atoms with van der Waals surface area (Å²) in [5.41, 5.74) is 3.39. The normalized spacial score (nSPS) is 11.9. The second kappa shape index (κ2) is 8.71. The summed E-state index contributed by atoms with van der Waals surface area (Å²) in [5.74, 6) is 1.00. The van der Waals surface area contributed by atoms with Crippen molar-refractivity contribution in [3.8, 4) is 22.8 Å². The molecule has 0 radical (unpaired) electrons. The molecule has 0 aliphatic carbocycles. The van der Waals surface area contributed by atoms with Crippen LogP contribution in [0, 0.1) is 6.92 Å². The van der Waals surface area contributed by atoms with Crippen molar-refractivity contribution < 1.29 is 12.8 Å². The molecule has 0 amide bonds. The molecule has 0 unspecified atom stereocenters. The number of aryl methyl sites for hydroxylation is 1. The Morgan fingerprint density at radius 2 is 1.67 bits per heavy atom.